The van der Waals surface area contributed by atoms with Crippen molar-refractivity contribution in [2.24, 2.45) is 5.92 Å². The lowest BCUT2D eigenvalue weighted by molar-refractivity contribution is 0.0954. The van der Waals surface area contributed by atoms with Crippen molar-refractivity contribution in [1.29, 1.82) is 0 Å². The van der Waals surface area contributed by atoms with Gasteiger partial charge in [-0.2, -0.15) is 0 Å². The normalized spacial score (nSPS) is 11.2. The zero-order chi connectivity index (χ0) is 17.8. The summed E-state index contributed by atoms with van der Waals surface area (Å²) < 4.78 is 15.1. The van der Waals surface area contributed by atoms with Crippen molar-refractivity contribution in [2.45, 2.75) is 26.8 Å². The van der Waals surface area contributed by atoms with Gasteiger partial charge in [0.05, 0.1) is 0 Å². The number of halogens is 1. The summed E-state index contributed by atoms with van der Waals surface area (Å²) in [6.07, 6.45) is 4.65. The molecule has 0 spiro atoms. The van der Waals surface area contributed by atoms with Gasteiger partial charge in [-0.15, -0.1) is 0 Å². The quantitative estimate of drug-likeness (QED) is 0.742. The fourth-order valence-corrected chi connectivity index (χ4v) is 2.94. The van der Waals surface area contributed by atoms with Crippen molar-refractivity contribution < 1.29 is 9.18 Å². The zero-order valence-corrected chi connectivity index (χ0v) is 14.5. The van der Waals surface area contributed by atoms with Crippen molar-refractivity contribution in [1.82, 2.24) is 14.9 Å². The topological polar surface area (TPSA) is 46.9 Å². The van der Waals surface area contributed by atoms with Crippen LogP contribution in [0.5, 0.6) is 0 Å². The molecule has 0 aliphatic heterocycles. The third-order valence-electron chi connectivity index (χ3n) is 4.06. The van der Waals surface area contributed by atoms with Crippen LogP contribution in [0.4, 0.5) is 4.39 Å². The van der Waals surface area contributed by atoms with Gasteiger partial charge in [0.15, 0.2) is 0 Å². The maximum Gasteiger partial charge on any atom is 0.251 e. The first-order chi connectivity index (χ1) is 12.0. The predicted octanol–water partition coefficient (Wildman–Crippen LogP) is 3.80. The number of aromatic nitrogens is 2. The number of rotatable bonds is 6. The molecule has 1 amide bonds. The SMILES string of the molecule is CC(C)Cn1cc(CCNC(=O)c2ccc(F)cc2)c2cccnc21. The molecule has 0 saturated heterocycles. The Morgan fingerprint density at radius 3 is 2.72 bits per heavy atom. The summed E-state index contributed by atoms with van der Waals surface area (Å²) in [6, 6.07) is 9.56. The summed E-state index contributed by atoms with van der Waals surface area (Å²) in [5, 5.41) is 4.01. The Kier molecular flexibility index (Phi) is 5.12. The first kappa shape index (κ1) is 17.1. The van der Waals surface area contributed by atoms with E-state index in [-0.39, 0.29) is 11.7 Å². The molecular weight excluding hydrogens is 317 g/mol. The molecule has 3 aromatic rings. The highest BCUT2D eigenvalue weighted by molar-refractivity contribution is 5.94. The van der Waals surface area contributed by atoms with Crippen molar-refractivity contribution in [3.63, 3.8) is 0 Å². The van der Waals surface area contributed by atoms with Gasteiger partial charge in [0.2, 0.25) is 0 Å². The summed E-state index contributed by atoms with van der Waals surface area (Å²) in [6.45, 7) is 5.79. The van der Waals surface area contributed by atoms with Crippen molar-refractivity contribution in [3.05, 3.63) is 65.7 Å². The van der Waals surface area contributed by atoms with E-state index in [1.54, 1.807) is 6.20 Å². The molecule has 1 N–H and O–H groups in total. The number of amides is 1. The Balaban J connectivity index is 1.69. The third kappa shape index (κ3) is 4.05. The lowest BCUT2D eigenvalue weighted by Gasteiger charge is -2.07. The number of nitrogens with one attached hydrogen (secondary N) is 1. The van der Waals surface area contributed by atoms with Crippen LogP contribution in [0.1, 0.15) is 29.8 Å². The molecule has 5 heteroatoms. The summed E-state index contributed by atoms with van der Waals surface area (Å²) >= 11 is 0. The Morgan fingerprint density at radius 2 is 2.00 bits per heavy atom. The Bertz CT molecular complexity index is 868. The number of nitrogens with zero attached hydrogens (tertiary/aromatic N) is 2. The van der Waals surface area contributed by atoms with Gasteiger partial charge in [0, 0.05) is 36.4 Å². The molecule has 0 radical (unpaired) electrons. The molecule has 0 unspecified atom stereocenters. The second kappa shape index (κ2) is 7.47. The highest BCUT2D eigenvalue weighted by atomic mass is 19.1. The van der Waals surface area contributed by atoms with Crippen LogP contribution < -0.4 is 5.32 Å². The predicted molar refractivity (Wildman–Crippen MR) is 97.0 cm³/mol. The van der Waals surface area contributed by atoms with Gasteiger partial charge in [0.1, 0.15) is 11.5 Å². The van der Waals surface area contributed by atoms with Gasteiger partial charge in [-0.05, 0) is 54.3 Å². The monoisotopic (exact) mass is 339 g/mol. The van der Waals surface area contributed by atoms with E-state index in [4.69, 9.17) is 0 Å². The molecular formula is C20H22FN3O. The standard InChI is InChI=1S/C20H22FN3O/c1-14(2)12-24-13-16(18-4-3-10-22-19(18)24)9-11-23-20(25)15-5-7-17(21)8-6-15/h3-8,10,13-14H,9,11-12H2,1-2H3,(H,23,25). The van der Waals surface area contributed by atoms with Gasteiger partial charge < -0.3 is 9.88 Å². The van der Waals surface area contributed by atoms with E-state index in [1.807, 2.05) is 6.07 Å². The molecule has 4 nitrogen and oxygen atoms in total. The third-order valence-corrected chi connectivity index (χ3v) is 4.06. The van der Waals surface area contributed by atoms with Crippen LogP contribution >= 0.6 is 0 Å². The lowest BCUT2D eigenvalue weighted by atomic mass is 10.1. The second-order valence-corrected chi connectivity index (χ2v) is 6.59. The second-order valence-electron chi connectivity index (χ2n) is 6.59. The molecule has 130 valence electrons. The molecule has 0 bridgehead atoms. The fourth-order valence-electron chi connectivity index (χ4n) is 2.94. The number of fused-ring (bicyclic) bond motifs is 1. The fraction of sp³-hybridized carbons (Fsp3) is 0.300. The molecule has 0 aliphatic rings. The minimum Gasteiger partial charge on any atom is -0.352 e. The van der Waals surface area contributed by atoms with Crippen molar-refractivity contribution >= 4 is 16.9 Å². The van der Waals surface area contributed by atoms with E-state index in [0.717, 1.165) is 24.0 Å². The summed E-state index contributed by atoms with van der Waals surface area (Å²) in [5.41, 5.74) is 2.62. The number of hydrogen-bond donors (Lipinski definition) is 1. The first-order valence-electron chi connectivity index (χ1n) is 8.51. The maximum absolute atomic E-state index is 12.9. The highest BCUT2D eigenvalue weighted by Gasteiger charge is 2.11. The molecule has 0 fully saturated rings. The van der Waals surface area contributed by atoms with Gasteiger partial charge in [-0.3, -0.25) is 4.79 Å². The van der Waals surface area contributed by atoms with E-state index >= 15 is 0 Å². The minimum absolute atomic E-state index is 0.191. The van der Waals surface area contributed by atoms with Gasteiger partial charge in [0.25, 0.3) is 5.91 Å². The van der Waals surface area contributed by atoms with Gasteiger partial charge in [-0.25, -0.2) is 9.37 Å². The van der Waals surface area contributed by atoms with E-state index in [1.165, 1.54) is 29.8 Å². The number of carbonyl (C=O) groups excluding carboxylic acids is 1. The Labute approximate surface area is 146 Å². The van der Waals surface area contributed by atoms with Crippen LogP contribution in [0.3, 0.4) is 0 Å². The van der Waals surface area contributed by atoms with Crippen LogP contribution in [0.2, 0.25) is 0 Å². The molecule has 2 aromatic heterocycles. The average molecular weight is 339 g/mol. The van der Waals surface area contributed by atoms with Crippen molar-refractivity contribution in [3.8, 4) is 0 Å². The van der Waals surface area contributed by atoms with Gasteiger partial charge in [-0.1, -0.05) is 13.8 Å². The van der Waals surface area contributed by atoms with Crippen LogP contribution in [0, 0.1) is 11.7 Å². The van der Waals surface area contributed by atoms with E-state index < -0.39 is 0 Å². The summed E-state index contributed by atoms with van der Waals surface area (Å²) in [5.74, 6) is -0.00492. The van der Waals surface area contributed by atoms with E-state index in [2.05, 4.69) is 41.0 Å². The van der Waals surface area contributed by atoms with Crippen LogP contribution in [0.15, 0.2) is 48.8 Å². The first-order valence-corrected chi connectivity index (χ1v) is 8.51. The highest BCUT2D eigenvalue weighted by Crippen LogP contribution is 2.20. The number of hydrogen-bond acceptors (Lipinski definition) is 2. The Hall–Kier alpha value is -2.69. The number of carbonyl (C=O) groups is 1. The molecule has 1 aromatic carbocycles. The van der Waals surface area contributed by atoms with E-state index in [0.29, 0.717) is 18.0 Å². The molecule has 0 atom stereocenters. The number of pyridine rings is 1. The summed E-state index contributed by atoms with van der Waals surface area (Å²) in [4.78, 5) is 16.6. The molecule has 0 saturated carbocycles. The molecule has 2 heterocycles. The lowest BCUT2D eigenvalue weighted by Crippen LogP contribution is -2.25. The van der Waals surface area contributed by atoms with Gasteiger partial charge >= 0.3 is 0 Å². The Morgan fingerprint density at radius 1 is 1.24 bits per heavy atom. The summed E-state index contributed by atoms with van der Waals surface area (Å²) in [7, 11) is 0. The van der Waals surface area contributed by atoms with E-state index in [9.17, 15) is 9.18 Å². The van der Waals surface area contributed by atoms with Crippen LogP contribution in [-0.4, -0.2) is 22.0 Å². The number of benzene rings is 1. The smallest absolute Gasteiger partial charge is 0.251 e. The maximum atomic E-state index is 12.9. The van der Waals surface area contributed by atoms with Crippen molar-refractivity contribution in [2.75, 3.05) is 6.54 Å². The van der Waals surface area contributed by atoms with Crippen LogP contribution in [-0.2, 0) is 13.0 Å². The zero-order valence-electron chi connectivity index (χ0n) is 14.5. The van der Waals surface area contributed by atoms with Crippen LogP contribution in [0.25, 0.3) is 11.0 Å². The average Bonchev–Trinajstić information content (AvgIpc) is 2.93. The minimum atomic E-state index is -0.345. The molecule has 0 aliphatic carbocycles. The molecule has 25 heavy (non-hydrogen) atoms. The molecule has 3 rings (SSSR count). The largest absolute Gasteiger partial charge is 0.352 e.